The number of halogens is 1. The Morgan fingerprint density at radius 2 is 1.94 bits per heavy atom. The highest BCUT2D eigenvalue weighted by Crippen LogP contribution is 2.32. The van der Waals surface area contributed by atoms with Crippen LogP contribution in [0.3, 0.4) is 0 Å². The van der Waals surface area contributed by atoms with Gasteiger partial charge in [-0.05, 0) is 49.5 Å². The molecule has 0 amide bonds. The number of hydrogen-bond donors (Lipinski definition) is 1. The van der Waals surface area contributed by atoms with E-state index in [4.69, 9.17) is 11.6 Å². The second-order valence-corrected chi connectivity index (χ2v) is 4.94. The van der Waals surface area contributed by atoms with Gasteiger partial charge in [0.25, 0.3) is 0 Å². The Morgan fingerprint density at radius 1 is 1.18 bits per heavy atom. The number of hydrogen-bond acceptors (Lipinski definition) is 2. The number of aromatic nitrogens is 1. The fourth-order valence-electron chi connectivity index (χ4n) is 2.53. The van der Waals surface area contributed by atoms with Crippen molar-refractivity contribution in [3.8, 4) is 0 Å². The Labute approximate surface area is 106 Å². The largest absolute Gasteiger partial charge is 0.317 e. The van der Waals surface area contributed by atoms with Gasteiger partial charge in [0.1, 0.15) is 5.15 Å². The highest BCUT2D eigenvalue weighted by Gasteiger charge is 2.18. The predicted octanol–water partition coefficient (Wildman–Crippen LogP) is 3.36. The first-order valence-electron chi connectivity index (χ1n) is 6.10. The van der Waals surface area contributed by atoms with Gasteiger partial charge in [0.05, 0.1) is 5.52 Å². The molecule has 0 saturated carbocycles. The number of nitrogens with zero attached hydrogens (tertiary/aromatic N) is 1. The molecule has 0 bridgehead atoms. The molecule has 17 heavy (non-hydrogen) atoms. The molecule has 2 aromatic rings. The lowest BCUT2D eigenvalue weighted by molar-refractivity contribution is 0.460. The minimum atomic E-state index is 0.556. The van der Waals surface area contributed by atoms with Gasteiger partial charge in [-0.25, -0.2) is 4.98 Å². The van der Waals surface area contributed by atoms with Gasteiger partial charge in [-0.2, -0.15) is 0 Å². The molecule has 0 unspecified atom stereocenters. The van der Waals surface area contributed by atoms with Crippen LogP contribution in [0.5, 0.6) is 0 Å². The van der Waals surface area contributed by atoms with E-state index in [1.54, 1.807) is 0 Å². The highest BCUT2D eigenvalue weighted by molar-refractivity contribution is 6.30. The van der Waals surface area contributed by atoms with Crippen LogP contribution in [0.4, 0.5) is 0 Å². The monoisotopic (exact) mass is 246 g/mol. The Kier molecular flexibility index (Phi) is 3.00. The second-order valence-electron chi connectivity index (χ2n) is 4.59. The van der Waals surface area contributed by atoms with Gasteiger partial charge in [-0.15, -0.1) is 0 Å². The summed E-state index contributed by atoms with van der Waals surface area (Å²) in [6, 6.07) is 10.4. The number of benzene rings is 1. The first kappa shape index (κ1) is 11.0. The summed E-state index contributed by atoms with van der Waals surface area (Å²) >= 11 is 6.31. The Hall–Kier alpha value is -1.12. The number of piperidine rings is 1. The fourth-order valence-corrected chi connectivity index (χ4v) is 2.83. The van der Waals surface area contributed by atoms with E-state index in [-0.39, 0.29) is 0 Å². The molecule has 0 atom stereocenters. The molecule has 1 aliphatic heterocycles. The van der Waals surface area contributed by atoms with Crippen molar-refractivity contribution in [1.82, 2.24) is 10.3 Å². The maximum atomic E-state index is 6.31. The molecule has 1 saturated heterocycles. The average molecular weight is 247 g/mol. The molecule has 0 aliphatic carbocycles. The lowest BCUT2D eigenvalue weighted by Gasteiger charge is -2.23. The summed E-state index contributed by atoms with van der Waals surface area (Å²) in [6.07, 6.45) is 2.31. The van der Waals surface area contributed by atoms with Crippen LogP contribution in [0, 0.1) is 0 Å². The summed E-state index contributed by atoms with van der Waals surface area (Å²) in [5.74, 6) is 0.556. The second kappa shape index (κ2) is 4.63. The smallest absolute Gasteiger partial charge is 0.133 e. The van der Waals surface area contributed by atoms with E-state index < -0.39 is 0 Å². The van der Waals surface area contributed by atoms with E-state index in [1.165, 1.54) is 10.9 Å². The number of fused-ring (bicyclic) bond motifs is 1. The van der Waals surface area contributed by atoms with Gasteiger partial charge in [0, 0.05) is 5.39 Å². The first-order chi connectivity index (χ1) is 8.34. The molecule has 88 valence electrons. The van der Waals surface area contributed by atoms with Gasteiger partial charge < -0.3 is 5.32 Å². The topological polar surface area (TPSA) is 24.9 Å². The number of rotatable bonds is 1. The van der Waals surface area contributed by atoms with Crippen LogP contribution >= 0.6 is 11.6 Å². The Balaban J connectivity index is 2.06. The van der Waals surface area contributed by atoms with Crippen molar-refractivity contribution in [2.24, 2.45) is 0 Å². The third kappa shape index (κ3) is 2.15. The molecule has 1 aliphatic rings. The van der Waals surface area contributed by atoms with Gasteiger partial charge in [-0.1, -0.05) is 29.8 Å². The summed E-state index contributed by atoms with van der Waals surface area (Å²) in [5, 5.41) is 5.24. The quantitative estimate of drug-likeness (QED) is 0.781. The van der Waals surface area contributed by atoms with Crippen molar-refractivity contribution in [3.05, 3.63) is 41.0 Å². The van der Waals surface area contributed by atoms with Crippen LogP contribution in [-0.4, -0.2) is 18.1 Å². The van der Waals surface area contributed by atoms with Crippen LogP contribution in [0.1, 0.15) is 24.3 Å². The summed E-state index contributed by atoms with van der Waals surface area (Å²) < 4.78 is 0. The van der Waals surface area contributed by atoms with E-state index in [2.05, 4.69) is 22.4 Å². The van der Waals surface area contributed by atoms with Gasteiger partial charge in [0.2, 0.25) is 0 Å². The van der Waals surface area contributed by atoms with Crippen LogP contribution < -0.4 is 5.32 Å². The lowest BCUT2D eigenvalue weighted by atomic mass is 9.90. The summed E-state index contributed by atoms with van der Waals surface area (Å²) in [7, 11) is 0. The molecule has 3 rings (SSSR count). The number of pyridine rings is 1. The number of para-hydroxylation sites is 1. The van der Waals surface area contributed by atoms with Crippen molar-refractivity contribution in [2.45, 2.75) is 18.8 Å². The van der Waals surface area contributed by atoms with Crippen LogP contribution in [-0.2, 0) is 0 Å². The van der Waals surface area contributed by atoms with Crippen LogP contribution in [0.15, 0.2) is 30.3 Å². The zero-order valence-electron chi connectivity index (χ0n) is 9.62. The molecular weight excluding hydrogens is 232 g/mol. The van der Waals surface area contributed by atoms with Crippen LogP contribution in [0.2, 0.25) is 5.15 Å². The first-order valence-corrected chi connectivity index (χ1v) is 6.48. The van der Waals surface area contributed by atoms with Crippen molar-refractivity contribution in [3.63, 3.8) is 0 Å². The molecule has 0 spiro atoms. The summed E-state index contributed by atoms with van der Waals surface area (Å²) in [5.41, 5.74) is 2.20. The van der Waals surface area contributed by atoms with Crippen molar-refractivity contribution < 1.29 is 0 Å². The van der Waals surface area contributed by atoms with E-state index >= 15 is 0 Å². The Bertz CT molecular complexity index is 533. The molecular formula is C14H15ClN2. The lowest BCUT2D eigenvalue weighted by Crippen LogP contribution is -2.26. The van der Waals surface area contributed by atoms with Gasteiger partial charge >= 0.3 is 0 Å². The van der Waals surface area contributed by atoms with Gasteiger partial charge in [0.15, 0.2) is 0 Å². The molecule has 1 fully saturated rings. The van der Waals surface area contributed by atoms with Crippen molar-refractivity contribution in [2.75, 3.05) is 13.1 Å². The molecule has 1 aromatic carbocycles. The molecule has 0 radical (unpaired) electrons. The molecule has 1 aromatic heterocycles. The normalized spacial score (nSPS) is 17.5. The molecule has 2 nitrogen and oxygen atoms in total. The molecule has 1 N–H and O–H groups in total. The fraction of sp³-hybridized carbons (Fsp3) is 0.357. The maximum Gasteiger partial charge on any atom is 0.133 e. The standard InChI is InChI=1S/C14H15ClN2/c15-14-12(10-5-7-16-8-6-10)9-11-3-1-2-4-13(11)17-14/h1-4,9-10,16H,5-8H2. The van der Waals surface area contributed by atoms with Crippen molar-refractivity contribution >= 4 is 22.5 Å². The zero-order chi connectivity index (χ0) is 11.7. The third-order valence-electron chi connectivity index (χ3n) is 3.48. The Morgan fingerprint density at radius 3 is 2.76 bits per heavy atom. The zero-order valence-corrected chi connectivity index (χ0v) is 10.4. The summed E-state index contributed by atoms with van der Waals surface area (Å²) in [6.45, 7) is 2.15. The minimum Gasteiger partial charge on any atom is -0.317 e. The number of nitrogens with one attached hydrogen (secondary N) is 1. The average Bonchev–Trinajstić information content (AvgIpc) is 2.39. The molecule has 3 heteroatoms. The minimum absolute atomic E-state index is 0.556. The molecule has 2 heterocycles. The van der Waals surface area contributed by atoms with E-state index in [0.717, 1.165) is 31.4 Å². The SMILES string of the molecule is Clc1nc2ccccc2cc1C1CCNCC1. The highest BCUT2D eigenvalue weighted by atomic mass is 35.5. The van der Waals surface area contributed by atoms with E-state index in [1.807, 2.05) is 18.2 Å². The maximum absolute atomic E-state index is 6.31. The van der Waals surface area contributed by atoms with Crippen molar-refractivity contribution in [1.29, 1.82) is 0 Å². The third-order valence-corrected chi connectivity index (χ3v) is 3.79. The van der Waals surface area contributed by atoms with Crippen LogP contribution in [0.25, 0.3) is 10.9 Å². The summed E-state index contributed by atoms with van der Waals surface area (Å²) in [4.78, 5) is 4.50. The predicted molar refractivity (Wildman–Crippen MR) is 71.6 cm³/mol. The van der Waals surface area contributed by atoms with E-state index in [9.17, 15) is 0 Å². The van der Waals surface area contributed by atoms with Gasteiger partial charge in [-0.3, -0.25) is 0 Å². The van der Waals surface area contributed by atoms with E-state index in [0.29, 0.717) is 11.1 Å².